The Labute approximate surface area is 196 Å². The number of carbonyl (C=O) groups is 2. The Morgan fingerprint density at radius 2 is 1.88 bits per heavy atom. The van der Waals surface area contributed by atoms with Crippen molar-refractivity contribution in [3.8, 4) is 5.75 Å². The molecule has 0 saturated heterocycles. The van der Waals surface area contributed by atoms with Gasteiger partial charge in [-0.1, -0.05) is 0 Å². The van der Waals surface area contributed by atoms with Crippen molar-refractivity contribution in [1.82, 2.24) is 25.3 Å². The number of aromatic nitrogens is 4. The van der Waals surface area contributed by atoms with Gasteiger partial charge in [0.1, 0.15) is 18.7 Å². The molecule has 3 N–H and O–H groups in total. The molecule has 0 aliphatic heterocycles. The molecule has 3 aromatic rings. The first-order valence-electron chi connectivity index (χ1n) is 10.8. The van der Waals surface area contributed by atoms with E-state index in [1.54, 1.807) is 43.9 Å². The van der Waals surface area contributed by atoms with E-state index >= 15 is 0 Å². The monoisotopic (exact) mass is 463 g/mol. The molecule has 0 spiro atoms. The summed E-state index contributed by atoms with van der Waals surface area (Å²) in [4.78, 5) is 42.7. The van der Waals surface area contributed by atoms with Gasteiger partial charge in [0.05, 0.1) is 47.8 Å². The molecule has 176 valence electrons. The lowest BCUT2D eigenvalue weighted by atomic mass is 10.1. The molecule has 34 heavy (non-hydrogen) atoms. The minimum Gasteiger partial charge on any atom is -0.491 e. The Kier molecular flexibility index (Phi) is 7.23. The highest BCUT2D eigenvalue weighted by Gasteiger charge is 2.28. The molecule has 1 saturated carbocycles. The van der Waals surface area contributed by atoms with Crippen LogP contribution in [-0.4, -0.2) is 59.1 Å². The van der Waals surface area contributed by atoms with Crippen molar-refractivity contribution in [2.75, 3.05) is 38.0 Å². The standard InChI is InChI=1S/C23H25N7O4/c1-24-22(31)17-9-16(34-8-7-33-2)5-6-18(17)30-23(32)20-21(28-15-10-25-13-26-11-15)27-12-19(29-20)14-3-4-14/h5-6,9-14H,3-4,7-8H2,1-2H3,(H,24,31)(H,27,28)(H,30,32). The van der Waals surface area contributed by atoms with Gasteiger partial charge in [0.15, 0.2) is 11.5 Å². The van der Waals surface area contributed by atoms with E-state index in [1.165, 1.54) is 13.4 Å². The van der Waals surface area contributed by atoms with Crippen LogP contribution >= 0.6 is 0 Å². The molecule has 2 amide bonds. The number of nitrogens with zero attached hydrogens (tertiary/aromatic N) is 4. The van der Waals surface area contributed by atoms with Crippen molar-refractivity contribution in [1.29, 1.82) is 0 Å². The first-order chi connectivity index (χ1) is 16.6. The van der Waals surface area contributed by atoms with Crippen LogP contribution in [0.2, 0.25) is 0 Å². The highest BCUT2D eigenvalue weighted by atomic mass is 16.5. The van der Waals surface area contributed by atoms with Gasteiger partial charge in [-0.05, 0) is 31.0 Å². The van der Waals surface area contributed by atoms with Crippen LogP contribution in [0.3, 0.4) is 0 Å². The van der Waals surface area contributed by atoms with Crippen molar-refractivity contribution in [3.63, 3.8) is 0 Å². The number of amides is 2. The fraction of sp³-hybridized carbons (Fsp3) is 0.304. The van der Waals surface area contributed by atoms with E-state index in [0.29, 0.717) is 36.3 Å². The molecule has 0 atom stereocenters. The quantitative estimate of drug-likeness (QED) is 0.387. The number of methoxy groups -OCH3 is 1. The molecule has 1 aromatic carbocycles. The Hall–Kier alpha value is -4.12. The van der Waals surface area contributed by atoms with Crippen LogP contribution in [0.25, 0.3) is 0 Å². The van der Waals surface area contributed by atoms with Gasteiger partial charge in [-0.3, -0.25) is 9.59 Å². The van der Waals surface area contributed by atoms with Gasteiger partial charge in [-0.25, -0.2) is 19.9 Å². The first-order valence-corrected chi connectivity index (χ1v) is 10.8. The van der Waals surface area contributed by atoms with Gasteiger partial charge in [-0.2, -0.15) is 0 Å². The van der Waals surface area contributed by atoms with Gasteiger partial charge < -0.3 is 25.4 Å². The van der Waals surface area contributed by atoms with Crippen molar-refractivity contribution >= 4 is 29.0 Å². The molecule has 2 heterocycles. The lowest BCUT2D eigenvalue weighted by molar-refractivity contribution is 0.0963. The van der Waals surface area contributed by atoms with E-state index in [4.69, 9.17) is 9.47 Å². The fourth-order valence-electron chi connectivity index (χ4n) is 3.20. The lowest BCUT2D eigenvalue weighted by Gasteiger charge is -2.15. The Morgan fingerprint density at radius 3 is 2.59 bits per heavy atom. The fourth-order valence-corrected chi connectivity index (χ4v) is 3.20. The number of hydrogen-bond acceptors (Lipinski definition) is 9. The van der Waals surface area contributed by atoms with Crippen LogP contribution < -0.4 is 20.7 Å². The lowest BCUT2D eigenvalue weighted by Crippen LogP contribution is -2.23. The topological polar surface area (TPSA) is 140 Å². The predicted octanol–water partition coefficient (Wildman–Crippen LogP) is 2.52. The summed E-state index contributed by atoms with van der Waals surface area (Å²) >= 11 is 0. The third-order valence-corrected chi connectivity index (χ3v) is 5.09. The highest BCUT2D eigenvalue weighted by Crippen LogP contribution is 2.39. The summed E-state index contributed by atoms with van der Waals surface area (Å²) < 4.78 is 10.6. The number of carbonyl (C=O) groups excluding carboxylic acids is 2. The average molecular weight is 463 g/mol. The predicted molar refractivity (Wildman–Crippen MR) is 124 cm³/mol. The minimum atomic E-state index is -0.507. The summed E-state index contributed by atoms with van der Waals surface area (Å²) in [6.07, 6.45) is 8.24. The van der Waals surface area contributed by atoms with Crippen molar-refractivity contribution in [3.05, 3.63) is 60.1 Å². The third-order valence-electron chi connectivity index (χ3n) is 5.09. The van der Waals surface area contributed by atoms with E-state index < -0.39 is 5.91 Å². The molecule has 2 aromatic heterocycles. The van der Waals surface area contributed by atoms with E-state index in [2.05, 4.69) is 35.9 Å². The molecule has 4 rings (SSSR count). The van der Waals surface area contributed by atoms with E-state index in [1.807, 2.05) is 0 Å². The zero-order valence-corrected chi connectivity index (χ0v) is 18.9. The van der Waals surface area contributed by atoms with Crippen LogP contribution in [0.1, 0.15) is 45.3 Å². The maximum absolute atomic E-state index is 13.3. The molecule has 11 nitrogen and oxygen atoms in total. The van der Waals surface area contributed by atoms with Gasteiger partial charge in [-0.15, -0.1) is 0 Å². The van der Waals surface area contributed by atoms with E-state index in [0.717, 1.165) is 18.5 Å². The largest absolute Gasteiger partial charge is 0.491 e. The maximum Gasteiger partial charge on any atom is 0.278 e. The molecule has 1 aliphatic rings. The smallest absolute Gasteiger partial charge is 0.278 e. The second kappa shape index (κ2) is 10.7. The van der Waals surface area contributed by atoms with Crippen LogP contribution in [0.15, 0.2) is 43.1 Å². The molecule has 0 unspecified atom stereocenters. The SMILES string of the molecule is CNC(=O)c1cc(OCCOC)ccc1NC(=O)c1nc(C2CC2)cnc1Nc1cncnc1. The normalized spacial score (nSPS) is 12.6. The molecule has 11 heteroatoms. The Bertz CT molecular complexity index is 1170. The second-order valence-electron chi connectivity index (χ2n) is 7.60. The van der Waals surface area contributed by atoms with Gasteiger partial charge >= 0.3 is 0 Å². The molecular weight excluding hydrogens is 438 g/mol. The number of ether oxygens (including phenoxy) is 2. The zero-order chi connectivity index (χ0) is 23.9. The summed E-state index contributed by atoms with van der Waals surface area (Å²) in [5.41, 5.74) is 2.00. The number of rotatable bonds is 10. The minimum absolute atomic E-state index is 0.108. The Balaban J connectivity index is 1.62. The van der Waals surface area contributed by atoms with Crippen molar-refractivity contribution in [2.24, 2.45) is 0 Å². The average Bonchev–Trinajstić information content (AvgIpc) is 3.71. The van der Waals surface area contributed by atoms with Crippen molar-refractivity contribution < 1.29 is 19.1 Å². The molecule has 1 aliphatic carbocycles. The second-order valence-corrected chi connectivity index (χ2v) is 7.60. The van der Waals surface area contributed by atoms with Crippen molar-refractivity contribution in [2.45, 2.75) is 18.8 Å². The van der Waals surface area contributed by atoms with Gasteiger partial charge in [0.2, 0.25) is 0 Å². The highest BCUT2D eigenvalue weighted by molar-refractivity contribution is 6.10. The first kappa shape index (κ1) is 23.1. The van der Waals surface area contributed by atoms with Crippen LogP contribution in [0.5, 0.6) is 5.75 Å². The van der Waals surface area contributed by atoms with E-state index in [9.17, 15) is 9.59 Å². The summed E-state index contributed by atoms with van der Waals surface area (Å²) in [5.74, 6) is 0.170. The number of nitrogens with one attached hydrogen (secondary N) is 3. The van der Waals surface area contributed by atoms with Gasteiger partial charge in [0.25, 0.3) is 11.8 Å². The third kappa shape index (κ3) is 5.62. The van der Waals surface area contributed by atoms with Crippen LogP contribution in [0, 0.1) is 0 Å². The zero-order valence-electron chi connectivity index (χ0n) is 18.9. The summed E-state index contributed by atoms with van der Waals surface area (Å²) in [6, 6.07) is 4.85. The summed E-state index contributed by atoms with van der Waals surface area (Å²) in [5, 5.41) is 8.42. The Morgan fingerprint density at radius 1 is 1.09 bits per heavy atom. The number of benzene rings is 1. The molecular formula is C23H25N7O4. The molecule has 1 fully saturated rings. The van der Waals surface area contributed by atoms with E-state index in [-0.39, 0.29) is 23.0 Å². The molecule has 0 bridgehead atoms. The van der Waals surface area contributed by atoms with Gasteiger partial charge in [0, 0.05) is 20.1 Å². The molecule has 0 radical (unpaired) electrons. The van der Waals surface area contributed by atoms with Crippen LogP contribution in [-0.2, 0) is 4.74 Å². The summed E-state index contributed by atoms with van der Waals surface area (Å²) in [6.45, 7) is 0.739. The number of anilines is 3. The number of hydrogen-bond donors (Lipinski definition) is 3. The summed E-state index contributed by atoms with van der Waals surface area (Å²) in [7, 11) is 3.09. The maximum atomic E-state index is 13.3. The van der Waals surface area contributed by atoms with Crippen LogP contribution in [0.4, 0.5) is 17.2 Å².